The number of aliphatic hydroxyl groups is 1. The molecule has 1 heterocycles. The number of nitrogens with one attached hydrogen (secondary N) is 2. The Bertz CT molecular complexity index is 625. The molecule has 2 aromatic rings. The van der Waals surface area contributed by atoms with Crippen molar-refractivity contribution in [3.63, 3.8) is 0 Å². The lowest BCUT2D eigenvalue weighted by Crippen LogP contribution is -2.30. The Morgan fingerprint density at radius 1 is 1.41 bits per heavy atom. The van der Waals surface area contributed by atoms with E-state index in [2.05, 4.69) is 15.5 Å². The predicted octanol–water partition coefficient (Wildman–Crippen LogP) is 1.11. The van der Waals surface area contributed by atoms with Crippen LogP contribution >= 0.6 is 0 Å². The molecule has 7 nitrogen and oxygen atoms in total. The second kappa shape index (κ2) is 7.46. The van der Waals surface area contributed by atoms with E-state index in [9.17, 15) is 4.79 Å². The first-order valence-electron chi connectivity index (χ1n) is 6.86. The normalized spacial score (nSPS) is 11.8. The molecule has 0 spiro atoms. The van der Waals surface area contributed by atoms with Gasteiger partial charge in [0.2, 0.25) is 0 Å². The minimum Gasteiger partial charge on any atom is -0.497 e. The Morgan fingerprint density at radius 3 is 2.91 bits per heavy atom. The second-order valence-electron chi connectivity index (χ2n) is 4.81. The molecule has 1 aromatic heterocycles. The fourth-order valence-electron chi connectivity index (χ4n) is 1.73. The number of ether oxygens (including phenoxy) is 2. The van der Waals surface area contributed by atoms with Gasteiger partial charge in [-0.2, -0.15) is 5.10 Å². The number of aromatic amines is 1. The van der Waals surface area contributed by atoms with Gasteiger partial charge in [0.05, 0.1) is 18.9 Å². The number of methoxy groups -OCH3 is 1. The van der Waals surface area contributed by atoms with E-state index in [1.54, 1.807) is 26.2 Å². The number of rotatable bonds is 7. The van der Waals surface area contributed by atoms with Crippen molar-refractivity contribution in [2.75, 3.05) is 13.7 Å². The summed E-state index contributed by atoms with van der Waals surface area (Å²) in [7, 11) is 1.59. The lowest BCUT2D eigenvalue weighted by atomic mass is 10.3. The highest BCUT2D eigenvalue weighted by atomic mass is 16.5. The molecule has 3 N–H and O–H groups in total. The molecule has 1 amide bonds. The van der Waals surface area contributed by atoms with Gasteiger partial charge >= 0.3 is 0 Å². The third-order valence-electron chi connectivity index (χ3n) is 2.86. The quantitative estimate of drug-likeness (QED) is 0.712. The summed E-state index contributed by atoms with van der Waals surface area (Å²) in [4.78, 5) is 11.8. The average molecular weight is 305 g/mol. The molecular weight excluding hydrogens is 286 g/mol. The van der Waals surface area contributed by atoms with Crippen LogP contribution in [-0.4, -0.2) is 41.0 Å². The third-order valence-corrected chi connectivity index (χ3v) is 2.86. The van der Waals surface area contributed by atoms with E-state index in [1.807, 2.05) is 18.2 Å². The lowest BCUT2D eigenvalue weighted by Gasteiger charge is -2.06. The number of aliphatic hydroxyl groups excluding tert-OH is 1. The minimum absolute atomic E-state index is 0.182. The van der Waals surface area contributed by atoms with E-state index in [0.717, 1.165) is 0 Å². The molecule has 1 atom stereocenters. The first kappa shape index (κ1) is 15.8. The minimum atomic E-state index is -0.598. The molecular formula is C15H19N3O4. The van der Waals surface area contributed by atoms with Crippen LogP contribution in [-0.2, 0) is 6.61 Å². The molecule has 7 heteroatoms. The van der Waals surface area contributed by atoms with Crippen LogP contribution in [0.15, 0.2) is 30.3 Å². The van der Waals surface area contributed by atoms with Gasteiger partial charge in [-0.15, -0.1) is 0 Å². The van der Waals surface area contributed by atoms with E-state index in [1.165, 1.54) is 0 Å². The van der Waals surface area contributed by atoms with Gasteiger partial charge in [-0.1, -0.05) is 6.07 Å². The molecule has 2 rings (SSSR count). The molecule has 0 bridgehead atoms. The molecule has 118 valence electrons. The summed E-state index contributed by atoms with van der Waals surface area (Å²) in [5.41, 5.74) is 0.926. The standard InChI is InChI=1S/C15H19N3O4/c1-10(19)8-16-15(20)14-6-11(17-18-14)9-22-13-5-3-4-12(7-13)21-2/h3-7,10,19H,8-9H2,1-2H3,(H,16,20)(H,17,18). The summed E-state index contributed by atoms with van der Waals surface area (Å²) in [5, 5.41) is 18.4. The van der Waals surface area contributed by atoms with Crippen molar-refractivity contribution in [1.29, 1.82) is 0 Å². The Labute approximate surface area is 128 Å². The van der Waals surface area contributed by atoms with Crippen LogP contribution in [0.5, 0.6) is 11.5 Å². The van der Waals surface area contributed by atoms with Crippen LogP contribution in [0, 0.1) is 0 Å². The van der Waals surface area contributed by atoms with Crippen molar-refractivity contribution in [2.24, 2.45) is 0 Å². The highest BCUT2D eigenvalue weighted by Crippen LogP contribution is 2.19. The summed E-state index contributed by atoms with van der Waals surface area (Å²) in [6.45, 7) is 2.03. The number of carbonyl (C=O) groups is 1. The Morgan fingerprint density at radius 2 is 2.18 bits per heavy atom. The van der Waals surface area contributed by atoms with E-state index >= 15 is 0 Å². The maximum Gasteiger partial charge on any atom is 0.271 e. The number of hydrogen-bond donors (Lipinski definition) is 3. The fourth-order valence-corrected chi connectivity index (χ4v) is 1.73. The number of amides is 1. The van der Waals surface area contributed by atoms with Gasteiger partial charge in [-0.3, -0.25) is 9.89 Å². The van der Waals surface area contributed by atoms with E-state index in [-0.39, 0.29) is 24.8 Å². The average Bonchev–Trinajstić information content (AvgIpc) is 3.00. The molecule has 0 aliphatic heterocycles. The Balaban J connectivity index is 1.90. The molecule has 1 aromatic carbocycles. The highest BCUT2D eigenvalue weighted by molar-refractivity contribution is 5.92. The van der Waals surface area contributed by atoms with Gasteiger partial charge in [0.25, 0.3) is 5.91 Å². The van der Waals surface area contributed by atoms with Crippen molar-refractivity contribution < 1.29 is 19.4 Å². The van der Waals surface area contributed by atoms with Crippen molar-refractivity contribution in [2.45, 2.75) is 19.6 Å². The van der Waals surface area contributed by atoms with Crippen molar-refractivity contribution >= 4 is 5.91 Å². The second-order valence-corrected chi connectivity index (χ2v) is 4.81. The van der Waals surface area contributed by atoms with E-state index in [4.69, 9.17) is 14.6 Å². The highest BCUT2D eigenvalue weighted by Gasteiger charge is 2.11. The maximum absolute atomic E-state index is 11.8. The number of nitrogens with zero attached hydrogens (tertiary/aromatic N) is 1. The van der Waals surface area contributed by atoms with Gasteiger partial charge in [0.1, 0.15) is 23.8 Å². The van der Waals surface area contributed by atoms with Gasteiger partial charge in [0, 0.05) is 12.6 Å². The smallest absolute Gasteiger partial charge is 0.271 e. The van der Waals surface area contributed by atoms with Gasteiger partial charge in [0.15, 0.2) is 0 Å². The van der Waals surface area contributed by atoms with Crippen molar-refractivity contribution in [1.82, 2.24) is 15.5 Å². The first-order valence-corrected chi connectivity index (χ1v) is 6.86. The van der Waals surface area contributed by atoms with Gasteiger partial charge in [-0.05, 0) is 25.1 Å². The topological polar surface area (TPSA) is 96.5 Å². The van der Waals surface area contributed by atoms with Crippen LogP contribution in [0.4, 0.5) is 0 Å². The fraction of sp³-hybridized carbons (Fsp3) is 0.333. The number of H-pyrrole nitrogens is 1. The van der Waals surface area contributed by atoms with Gasteiger partial charge < -0.3 is 19.9 Å². The molecule has 0 fully saturated rings. The molecule has 1 unspecified atom stereocenters. The number of carbonyl (C=O) groups excluding carboxylic acids is 1. The third kappa shape index (κ3) is 4.49. The monoisotopic (exact) mass is 305 g/mol. The molecule has 0 radical (unpaired) electrons. The Hall–Kier alpha value is -2.54. The summed E-state index contributed by atoms with van der Waals surface area (Å²) >= 11 is 0. The van der Waals surface area contributed by atoms with Crippen LogP contribution in [0.2, 0.25) is 0 Å². The largest absolute Gasteiger partial charge is 0.497 e. The van der Waals surface area contributed by atoms with E-state index in [0.29, 0.717) is 17.2 Å². The summed E-state index contributed by atoms with van der Waals surface area (Å²) < 4.78 is 10.7. The zero-order valence-corrected chi connectivity index (χ0v) is 12.5. The van der Waals surface area contributed by atoms with Crippen LogP contribution in [0.25, 0.3) is 0 Å². The Kier molecular flexibility index (Phi) is 5.37. The van der Waals surface area contributed by atoms with Crippen LogP contribution in [0.1, 0.15) is 23.1 Å². The summed E-state index contributed by atoms with van der Waals surface area (Å²) in [6, 6.07) is 8.85. The number of hydrogen-bond acceptors (Lipinski definition) is 5. The molecule has 0 saturated carbocycles. The first-order chi connectivity index (χ1) is 10.6. The zero-order valence-electron chi connectivity index (χ0n) is 12.5. The maximum atomic E-state index is 11.8. The van der Waals surface area contributed by atoms with Crippen LogP contribution < -0.4 is 14.8 Å². The predicted molar refractivity (Wildman–Crippen MR) is 79.9 cm³/mol. The molecule has 0 aliphatic carbocycles. The SMILES string of the molecule is COc1cccc(OCc2cc(C(=O)NCC(C)O)n[nH]2)c1. The van der Waals surface area contributed by atoms with Crippen molar-refractivity contribution in [3.05, 3.63) is 41.7 Å². The molecule has 0 aliphatic rings. The van der Waals surface area contributed by atoms with Crippen molar-refractivity contribution in [3.8, 4) is 11.5 Å². The number of benzene rings is 1. The summed E-state index contributed by atoms with van der Waals surface area (Å²) in [5.74, 6) is 1.03. The van der Waals surface area contributed by atoms with Crippen LogP contribution in [0.3, 0.4) is 0 Å². The van der Waals surface area contributed by atoms with Gasteiger partial charge in [-0.25, -0.2) is 0 Å². The molecule has 0 saturated heterocycles. The molecule has 22 heavy (non-hydrogen) atoms. The summed E-state index contributed by atoms with van der Waals surface area (Å²) in [6.07, 6.45) is -0.598. The van der Waals surface area contributed by atoms with E-state index < -0.39 is 6.10 Å². The lowest BCUT2D eigenvalue weighted by molar-refractivity contribution is 0.0919. The zero-order chi connectivity index (χ0) is 15.9. The number of aromatic nitrogens is 2.